The zero-order valence-electron chi connectivity index (χ0n) is 14.4. The number of nitrogens with zero attached hydrogens (tertiary/aromatic N) is 2. The van der Waals surface area contributed by atoms with Crippen LogP contribution in [0, 0.1) is 0 Å². The predicted molar refractivity (Wildman–Crippen MR) is 93.6 cm³/mol. The van der Waals surface area contributed by atoms with Gasteiger partial charge in [-0.25, -0.2) is 4.79 Å². The molecule has 1 saturated carbocycles. The maximum absolute atomic E-state index is 12.6. The third kappa shape index (κ3) is 3.53. The van der Waals surface area contributed by atoms with Crippen LogP contribution >= 0.6 is 0 Å². The molecule has 1 heterocycles. The van der Waals surface area contributed by atoms with E-state index in [1.165, 1.54) is 4.90 Å². The molecular formula is C18H24N4O2. The largest absolute Gasteiger partial charge is 0.361 e. The number of carbonyl (C=O) groups is 2. The van der Waals surface area contributed by atoms with Gasteiger partial charge < -0.3 is 20.1 Å². The van der Waals surface area contributed by atoms with Gasteiger partial charge in [0.1, 0.15) is 6.04 Å². The van der Waals surface area contributed by atoms with Crippen LogP contribution in [0.25, 0.3) is 10.9 Å². The Labute approximate surface area is 141 Å². The van der Waals surface area contributed by atoms with Crippen LogP contribution in [0.15, 0.2) is 30.5 Å². The van der Waals surface area contributed by atoms with Gasteiger partial charge in [-0.1, -0.05) is 6.07 Å². The summed E-state index contributed by atoms with van der Waals surface area (Å²) in [5.74, 6) is -0.104. The Morgan fingerprint density at radius 3 is 2.71 bits per heavy atom. The number of benzene rings is 1. The Balaban J connectivity index is 1.70. The first-order valence-electron chi connectivity index (χ1n) is 8.30. The summed E-state index contributed by atoms with van der Waals surface area (Å²) < 4.78 is 0. The summed E-state index contributed by atoms with van der Waals surface area (Å²) in [6, 6.07) is 7.77. The van der Waals surface area contributed by atoms with E-state index >= 15 is 0 Å². The molecule has 1 atom stereocenters. The van der Waals surface area contributed by atoms with Gasteiger partial charge in [-0.05, 0) is 48.9 Å². The van der Waals surface area contributed by atoms with E-state index in [-0.39, 0.29) is 18.0 Å². The van der Waals surface area contributed by atoms with E-state index in [1.807, 2.05) is 29.3 Å². The fraction of sp³-hybridized carbons (Fsp3) is 0.444. The number of aromatic amines is 1. The van der Waals surface area contributed by atoms with Crippen LogP contribution in [-0.2, 0) is 11.3 Å². The molecule has 0 radical (unpaired) electrons. The molecule has 1 aliphatic carbocycles. The summed E-state index contributed by atoms with van der Waals surface area (Å²) in [4.78, 5) is 31.1. The van der Waals surface area contributed by atoms with Gasteiger partial charge in [0, 0.05) is 38.4 Å². The Kier molecular flexibility index (Phi) is 4.46. The number of amides is 3. The van der Waals surface area contributed by atoms with Gasteiger partial charge in [-0.2, -0.15) is 0 Å². The quantitative estimate of drug-likeness (QED) is 0.884. The molecule has 0 saturated heterocycles. The highest BCUT2D eigenvalue weighted by Gasteiger charge is 2.33. The summed E-state index contributed by atoms with van der Waals surface area (Å²) >= 11 is 0. The van der Waals surface area contributed by atoms with E-state index in [1.54, 1.807) is 21.0 Å². The Bertz CT molecular complexity index is 748. The van der Waals surface area contributed by atoms with Crippen molar-refractivity contribution in [3.63, 3.8) is 0 Å². The first-order valence-corrected chi connectivity index (χ1v) is 8.30. The Morgan fingerprint density at radius 1 is 1.29 bits per heavy atom. The lowest BCUT2D eigenvalue weighted by molar-refractivity contribution is -0.130. The minimum absolute atomic E-state index is 0.104. The number of aromatic nitrogens is 1. The minimum Gasteiger partial charge on any atom is -0.361 e. The van der Waals surface area contributed by atoms with E-state index in [0.29, 0.717) is 6.54 Å². The maximum atomic E-state index is 12.6. The van der Waals surface area contributed by atoms with Crippen molar-refractivity contribution in [1.29, 1.82) is 0 Å². The molecule has 2 aromatic rings. The highest BCUT2D eigenvalue weighted by atomic mass is 16.2. The molecule has 1 aromatic carbocycles. The monoisotopic (exact) mass is 328 g/mol. The zero-order valence-corrected chi connectivity index (χ0v) is 14.4. The first-order chi connectivity index (χ1) is 11.5. The number of rotatable bonds is 5. The van der Waals surface area contributed by atoms with Crippen LogP contribution in [0.4, 0.5) is 4.79 Å². The fourth-order valence-corrected chi connectivity index (χ4v) is 2.87. The number of fused-ring (bicyclic) bond motifs is 1. The molecule has 1 fully saturated rings. The minimum atomic E-state index is -0.527. The normalized spacial score (nSPS) is 15.1. The third-order valence-corrected chi connectivity index (χ3v) is 4.37. The van der Waals surface area contributed by atoms with E-state index in [9.17, 15) is 9.59 Å². The molecule has 3 amide bonds. The van der Waals surface area contributed by atoms with E-state index < -0.39 is 6.04 Å². The van der Waals surface area contributed by atoms with E-state index in [2.05, 4.69) is 16.4 Å². The summed E-state index contributed by atoms with van der Waals surface area (Å²) in [7, 11) is 3.38. The van der Waals surface area contributed by atoms with Gasteiger partial charge in [0.25, 0.3) is 0 Å². The van der Waals surface area contributed by atoms with Crippen LogP contribution in [0.1, 0.15) is 25.3 Å². The molecular weight excluding hydrogens is 304 g/mol. The Hall–Kier alpha value is -2.50. The SMILES string of the molecule is C[C@H](NC(=O)N(Cc1ccc2[nH]ccc2c1)C1CC1)C(=O)N(C)C. The summed E-state index contributed by atoms with van der Waals surface area (Å²) in [5.41, 5.74) is 2.18. The number of nitrogens with one attached hydrogen (secondary N) is 2. The molecule has 6 heteroatoms. The van der Waals surface area contributed by atoms with Crippen molar-refractivity contribution in [2.75, 3.05) is 14.1 Å². The fourth-order valence-electron chi connectivity index (χ4n) is 2.87. The lowest BCUT2D eigenvalue weighted by Crippen LogP contribution is -2.49. The topological polar surface area (TPSA) is 68.4 Å². The molecule has 1 aromatic heterocycles. The third-order valence-electron chi connectivity index (χ3n) is 4.37. The van der Waals surface area contributed by atoms with Crippen molar-refractivity contribution in [1.82, 2.24) is 20.1 Å². The molecule has 6 nitrogen and oxygen atoms in total. The second-order valence-corrected chi connectivity index (χ2v) is 6.66. The second kappa shape index (κ2) is 6.55. The second-order valence-electron chi connectivity index (χ2n) is 6.66. The van der Waals surface area contributed by atoms with E-state index in [0.717, 1.165) is 29.3 Å². The average molecular weight is 328 g/mol. The standard InChI is InChI=1S/C18H24N4O2/c1-12(17(23)21(2)3)20-18(24)22(15-5-6-15)11-13-4-7-16-14(10-13)8-9-19-16/h4,7-10,12,15,19H,5-6,11H2,1-3H3,(H,20,24)/t12-/m0/s1. The van der Waals surface area contributed by atoms with Gasteiger partial charge in [0.15, 0.2) is 0 Å². The summed E-state index contributed by atoms with van der Waals surface area (Å²) in [5, 5.41) is 3.96. The number of hydrogen-bond donors (Lipinski definition) is 2. The van der Waals surface area contributed by atoms with Gasteiger partial charge in [0.05, 0.1) is 0 Å². The molecule has 0 aliphatic heterocycles. The molecule has 3 rings (SSSR count). The smallest absolute Gasteiger partial charge is 0.318 e. The molecule has 0 bridgehead atoms. The van der Waals surface area contributed by atoms with E-state index in [4.69, 9.17) is 0 Å². The number of urea groups is 1. The zero-order chi connectivity index (χ0) is 17.3. The van der Waals surface area contributed by atoms with Crippen molar-refractivity contribution in [3.8, 4) is 0 Å². The predicted octanol–water partition coefficient (Wildman–Crippen LogP) is 2.32. The van der Waals surface area contributed by atoms with Crippen LogP contribution in [0.2, 0.25) is 0 Å². The lowest BCUT2D eigenvalue weighted by Gasteiger charge is -2.26. The van der Waals surface area contributed by atoms with Crippen molar-refractivity contribution < 1.29 is 9.59 Å². The van der Waals surface area contributed by atoms with Gasteiger partial charge in [-0.3, -0.25) is 4.79 Å². The van der Waals surface area contributed by atoms with Crippen molar-refractivity contribution in [3.05, 3.63) is 36.0 Å². The molecule has 1 aliphatic rings. The average Bonchev–Trinajstić information content (AvgIpc) is 3.28. The number of likely N-dealkylation sites (N-methyl/N-ethyl adjacent to an activating group) is 1. The van der Waals surface area contributed by atoms with Crippen molar-refractivity contribution >= 4 is 22.8 Å². The molecule has 0 spiro atoms. The molecule has 24 heavy (non-hydrogen) atoms. The van der Waals surface area contributed by atoms with Crippen LogP contribution < -0.4 is 5.32 Å². The number of hydrogen-bond acceptors (Lipinski definition) is 2. The molecule has 0 unspecified atom stereocenters. The van der Waals surface area contributed by atoms with Gasteiger partial charge in [0.2, 0.25) is 5.91 Å². The molecule has 2 N–H and O–H groups in total. The maximum Gasteiger partial charge on any atom is 0.318 e. The lowest BCUT2D eigenvalue weighted by atomic mass is 10.1. The summed E-state index contributed by atoms with van der Waals surface area (Å²) in [6.07, 6.45) is 3.96. The highest BCUT2D eigenvalue weighted by Crippen LogP contribution is 2.29. The number of H-pyrrole nitrogens is 1. The first kappa shape index (κ1) is 16.4. The van der Waals surface area contributed by atoms with Crippen molar-refractivity contribution in [2.24, 2.45) is 0 Å². The summed E-state index contributed by atoms with van der Waals surface area (Å²) in [6.45, 7) is 2.28. The van der Waals surface area contributed by atoms with Crippen LogP contribution in [0.5, 0.6) is 0 Å². The number of carbonyl (C=O) groups excluding carboxylic acids is 2. The molecule has 128 valence electrons. The Morgan fingerprint density at radius 2 is 2.04 bits per heavy atom. The highest BCUT2D eigenvalue weighted by molar-refractivity contribution is 5.86. The van der Waals surface area contributed by atoms with Gasteiger partial charge >= 0.3 is 6.03 Å². The van der Waals surface area contributed by atoms with Crippen LogP contribution in [0.3, 0.4) is 0 Å². The van der Waals surface area contributed by atoms with Crippen molar-refractivity contribution in [2.45, 2.75) is 38.4 Å². The van der Waals surface area contributed by atoms with Crippen LogP contribution in [-0.4, -0.2) is 52.9 Å². The van der Waals surface area contributed by atoms with Gasteiger partial charge in [-0.15, -0.1) is 0 Å².